The number of carbonyl (C=O) groups excluding carboxylic acids is 2. The third-order valence-corrected chi connectivity index (χ3v) is 3.32. The molecule has 24 heavy (non-hydrogen) atoms. The molecule has 1 atom stereocenters. The van der Waals surface area contributed by atoms with E-state index >= 15 is 0 Å². The molecule has 0 fully saturated rings. The van der Waals surface area contributed by atoms with Gasteiger partial charge in [0.2, 0.25) is 0 Å². The van der Waals surface area contributed by atoms with Crippen LogP contribution in [-0.2, 0) is 17.4 Å². The molecule has 0 heterocycles. The molecule has 0 bridgehead atoms. The fourth-order valence-corrected chi connectivity index (χ4v) is 2.12. The number of hydrogen-bond donors (Lipinski definition) is 1. The van der Waals surface area contributed by atoms with Crippen molar-refractivity contribution in [1.29, 1.82) is 0 Å². The molecule has 0 aromatic heterocycles. The van der Waals surface area contributed by atoms with E-state index in [1.165, 1.54) is 6.07 Å². The number of benzene rings is 2. The number of hydrogen-bond acceptors (Lipinski definition) is 3. The Morgan fingerprint density at radius 3 is 2.29 bits per heavy atom. The van der Waals surface area contributed by atoms with Crippen molar-refractivity contribution in [3.8, 4) is 0 Å². The molecule has 0 aliphatic heterocycles. The van der Waals surface area contributed by atoms with Gasteiger partial charge in [-0.1, -0.05) is 36.4 Å². The van der Waals surface area contributed by atoms with Crippen LogP contribution in [-0.4, -0.2) is 17.9 Å². The SMILES string of the molecule is O=C(N[C@H](Cc1ccccc1)C(=O)[O-])c1cccc(C(F)(F)F)c1. The summed E-state index contributed by atoms with van der Waals surface area (Å²) < 4.78 is 38.0. The van der Waals surface area contributed by atoms with Gasteiger partial charge in [-0.05, 0) is 30.2 Å². The van der Waals surface area contributed by atoms with E-state index < -0.39 is 29.7 Å². The Bertz CT molecular complexity index is 729. The van der Waals surface area contributed by atoms with Gasteiger partial charge in [0.1, 0.15) is 0 Å². The maximum absolute atomic E-state index is 12.7. The third-order valence-electron chi connectivity index (χ3n) is 3.32. The Labute approximate surface area is 135 Å². The van der Waals surface area contributed by atoms with Crippen molar-refractivity contribution in [2.24, 2.45) is 0 Å². The predicted octanol–water partition coefficient (Wildman–Crippen LogP) is 1.80. The molecule has 1 N–H and O–H groups in total. The van der Waals surface area contributed by atoms with Gasteiger partial charge in [-0.25, -0.2) is 0 Å². The first-order valence-electron chi connectivity index (χ1n) is 7.00. The van der Waals surface area contributed by atoms with E-state index in [1.54, 1.807) is 30.3 Å². The highest BCUT2D eigenvalue weighted by molar-refractivity contribution is 5.96. The number of aliphatic carboxylic acids is 1. The topological polar surface area (TPSA) is 69.2 Å². The van der Waals surface area contributed by atoms with Gasteiger partial charge in [0, 0.05) is 5.56 Å². The highest BCUT2D eigenvalue weighted by Gasteiger charge is 2.31. The molecule has 2 aromatic rings. The Hall–Kier alpha value is -2.83. The molecule has 0 unspecified atom stereocenters. The van der Waals surface area contributed by atoms with Crippen LogP contribution in [0.5, 0.6) is 0 Å². The van der Waals surface area contributed by atoms with Crippen LogP contribution in [0.4, 0.5) is 13.2 Å². The van der Waals surface area contributed by atoms with Gasteiger partial charge in [-0.2, -0.15) is 13.2 Å². The largest absolute Gasteiger partial charge is 0.548 e. The number of halogens is 3. The summed E-state index contributed by atoms with van der Waals surface area (Å²) in [5.41, 5.74) is -0.608. The fourth-order valence-electron chi connectivity index (χ4n) is 2.12. The van der Waals surface area contributed by atoms with Gasteiger partial charge in [-0.3, -0.25) is 4.79 Å². The van der Waals surface area contributed by atoms with Crippen molar-refractivity contribution >= 4 is 11.9 Å². The van der Waals surface area contributed by atoms with Gasteiger partial charge in [0.05, 0.1) is 17.6 Å². The molecule has 0 spiro atoms. The van der Waals surface area contributed by atoms with E-state index in [-0.39, 0.29) is 12.0 Å². The van der Waals surface area contributed by atoms with E-state index in [1.807, 2.05) is 0 Å². The summed E-state index contributed by atoms with van der Waals surface area (Å²) in [6, 6.07) is 10.9. The number of amides is 1. The Morgan fingerprint density at radius 2 is 1.71 bits per heavy atom. The fraction of sp³-hybridized carbons (Fsp3) is 0.176. The number of carbonyl (C=O) groups is 2. The van der Waals surface area contributed by atoms with Crippen molar-refractivity contribution < 1.29 is 27.9 Å². The molecule has 0 radical (unpaired) electrons. The van der Waals surface area contributed by atoms with Crippen LogP contribution < -0.4 is 10.4 Å². The van der Waals surface area contributed by atoms with Crippen LogP contribution in [0.25, 0.3) is 0 Å². The van der Waals surface area contributed by atoms with E-state index in [0.717, 1.165) is 12.1 Å². The first-order chi connectivity index (χ1) is 11.3. The average Bonchev–Trinajstić information content (AvgIpc) is 2.54. The van der Waals surface area contributed by atoms with E-state index in [9.17, 15) is 27.9 Å². The van der Waals surface area contributed by atoms with Crippen molar-refractivity contribution in [3.05, 3.63) is 71.3 Å². The number of carboxylic acids is 1. The maximum Gasteiger partial charge on any atom is 0.416 e. The van der Waals surface area contributed by atoms with Crippen LogP contribution >= 0.6 is 0 Å². The minimum atomic E-state index is -4.59. The molecule has 0 aliphatic carbocycles. The number of carboxylic acid groups (broad SMARTS) is 1. The summed E-state index contributed by atoms with van der Waals surface area (Å²) in [6.45, 7) is 0. The monoisotopic (exact) mass is 336 g/mol. The Balaban J connectivity index is 2.15. The second kappa shape index (κ2) is 7.16. The zero-order valence-electron chi connectivity index (χ0n) is 12.3. The summed E-state index contributed by atoms with van der Waals surface area (Å²) in [7, 11) is 0. The van der Waals surface area contributed by atoms with Crippen LogP contribution in [0.3, 0.4) is 0 Å². The second-order valence-electron chi connectivity index (χ2n) is 5.11. The standard InChI is InChI=1S/C17H14F3NO3/c18-17(19,20)13-8-4-7-12(10-13)15(22)21-14(16(23)24)9-11-5-2-1-3-6-11/h1-8,10,14H,9H2,(H,21,22)(H,23,24)/p-1/t14-/m1/s1. The van der Waals surface area contributed by atoms with Gasteiger partial charge in [0.25, 0.3) is 5.91 Å². The first-order valence-corrected chi connectivity index (χ1v) is 7.00. The molecular weight excluding hydrogens is 323 g/mol. The number of nitrogens with one attached hydrogen (secondary N) is 1. The minimum absolute atomic E-state index is 0.0339. The molecule has 126 valence electrons. The summed E-state index contributed by atoms with van der Waals surface area (Å²) in [4.78, 5) is 23.3. The zero-order chi connectivity index (χ0) is 17.7. The smallest absolute Gasteiger partial charge is 0.416 e. The highest BCUT2D eigenvalue weighted by atomic mass is 19.4. The summed E-state index contributed by atoms with van der Waals surface area (Å²) in [6.07, 6.45) is -4.62. The molecule has 1 amide bonds. The summed E-state index contributed by atoms with van der Waals surface area (Å²) in [5, 5.41) is 13.4. The first kappa shape index (κ1) is 17.5. The predicted molar refractivity (Wildman–Crippen MR) is 77.9 cm³/mol. The molecule has 2 rings (SSSR count). The van der Waals surface area contributed by atoms with Gasteiger partial charge >= 0.3 is 6.18 Å². The molecular formula is C17H13F3NO3-. The lowest BCUT2D eigenvalue weighted by molar-refractivity contribution is -0.308. The minimum Gasteiger partial charge on any atom is -0.548 e. The quantitative estimate of drug-likeness (QED) is 0.905. The molecule has 4 nitrogen and oxygen atoms in total. The lowest BCUT2D eigenvalue weighted by atomic mass is 10.0. The van der Waals surface area contributed by atoms with Crippen LogP contribution in [0, 0.1) is 0 Å². The third kappa shape index (κ3) is 4.58. The van der Waals surface area contributed by atoms with Crippen molar-refractivity contribution in [2.45, 2.75) is 18.6 Å². The van der Waals surface area contributed by atoms with Crippen molar-refractivity contribution in [2.75, 3.05) is 0 Å². The highest BCUT2D eigenvalue weighted by Crippen LogP contribution is 2.29. The maximum atomic E-state index is 12.7. The Morgan fingerprint density at radius 1 is 1.04 bits per heavy atom. The van der Waals surface area contributed by atoms with Crippen LogP contribution in [0.15, 0.2) is 54.6 Å². The second-order valence-corrected chi connectivity index (χ2v) is 5.11. The lowest BCUT2D eigenvalue weighted by Crippen LogP contribution is -2.49. The molecule has 7 heteroatoms. The van der Waals surface area contributed by atoms with Crippen LogP contribution in [0.1, 0.15) is 21.5 Å². The average molecular weight is 336 g/mol. The summed E-state index contributed by atoms with van der Waals surface area (Å²) in [5.74, 6) is -2.43. The van der Waals surface area contributed by atoms with Crippen molar-refractivity contribution in [3.63, 3.8) is 0 Å². The van der Waals surface area contributed by atoms with Gasteiger partial charge < -0.3 is 15.2 Å². The molecule has 0 aliphatic rings. The molecule has 0 saturated heterocycles. The van der Waals surface area contributed by atoms with Gasteiger partial charge in [0.15, 0.2) is 0 Å². The van der Waals surface area contributed by atoms with E-state index in [0.29, 0.717) is 11.6 Å². The van der Waals surface area contributed by atoms with Crippen LogP contribution in [0.2, 0.25) is 0 Å². The van der Waals surface area contributed by atoms with E-state index in [4.69, 9.17) is 0 Å². The van der Waals surface area contributed by atoms with Gasteiger partial charge in [-0.15, -0.1) is 0 Å². The zero-order valence-corrected chi connectivity index (χ0v) is 12.3. The molecule has 0 saturated carbocycles. The normalized spacial score (nSPS) is 12.5. The number of rotatable bonds is 5. The lowest BCUT2D eigenvalue weighted by Gasteiger charge is -2.20. The number of alkyl halides is 3. The summed E-state index contributed by atoms with van der Waals surface area (Å²) >= 11 is 0. The van der Waals surface area contributed by atoms with Crippen molar-refractivity contribution in [1.82, 2.24) is 5.32 Å². The van der Waals surface area contributed by atoms with E-state index in [2.05, 4.69) is 5.32 Å². The molecule has 2 aromatic carbocycles. The Kier molecular flexibility index (Phi) is 5.23.